The van der Waals surface area contributed by atoms with Gasteiger partial charge in [-0.2, -0.15) is 4.98 Å². The van der Waals surface area contributed by atoms with Crippen LogP contribution in [-0.2, 0) is 0 Å². The van der Waals surface area contributed by atoms with Crippen LogP contribution in [0, 0.1) is 11.6 Å². The van der Waals surface area contributed by atoms with Crippen LogP contribution in [0.2, 0.25) is 0 Å². The summed E-state index contributed by atoms with van der Waals surface area (Å²) < 4.78 is 31.2. The number of halogens is 2. The minimum atomic E-state index is -0.527. The Morgan fingerprint density at radius 3 is 2.74 bits per heavy atom. The zero-order valence-corrected chi connectivity index (χ0v) is 19.9. The van der Waals surface area contributed by atoms with E-state index in [9.17, 15) is 4.39 Å². The topological polar surface area (TPSA) is 96.7 Å². The number of tetrazole rings is 1. The van der Waals surface area contributed by atoms with Gasteiger partial charge in [0, 0.05) is 17.6 Å². The van der Waals surface area contributed by atoms with Crippen LogP contribution in [0.1, 0.15) is 63.9 Å². The van der Waals surface area contributed by atoms with Crippen LogP contribution < -0.4 is 10.6 Å². The predicted octanol–water partition coefficient (Wildman–Crippen LogP) is 4.17. The average Bonchev–Trinajstić information content (AvgIpc) is 3.28. The third kappa shape index (κ3) is 4.33. The van der Waals surface area contributed by atoms with Gasteiger partial charge < -0.3 is 10.6 Å². The fourth-order valence-corrected chi connectivity index (χ4v) is 5.83. The summed E-state index contributed by atoms with van der Waals surface area (Å²) >= 11 is 0. The Morgan fingerprint density at radius 1 is 1.11 bits per heavy atom. The summed E-state index contributed by atoms with van der Waals surface area (Å²) in [5.41, 5.74) is 1.79. The highest BCUT2D eigenvalue weighted by molar-refractivity contribution is 5.62. The number of piperidine rings is 1. The molecule has 2 atom stereocenters. The summed E-state index contributed by atoms with van der Waals surface area (Å²) in [6.07, 6.45) is 8.82. The molecule has 3 aromatic rings. The predicted molar refractivity (Wildman–Crippen MR) is 127 cm³/mol. The van der Waals surface area contributed by atoms with Crippen molar-refractivity contribution in [2.24, 2.45) is 0 Å². The molecule has 2 N–H and O–H groups in total. The summed E-state index contributed by atoms with van der Waals surface area (Å²) in [4.78, 5) is 11.0. The van der Waals surface area contributed by atoms with Gasteiger partial charge in [-0.3, -0.25) is 4.90 Å². The van der Waals surface area contributed by atoms with Gasteiger partial charge in [0.25, 0.3) is 0 Å². The van der Waals surface area contributed by atoms with Crippen molar-refractivity contribution in [3.63, 3.8) is 0 Å². The minimum absolute atomic E-state index is 0.0424. The average molecular weight is 482 g/mol. The van der Waals surface area contributed by atoms with Crippen molar-refractivity contribution in [2.45, 2.75) is 75.9 Å². The van der Waals surface area contributed by atoms with Crippen LogP contribution in [0.3, 0.4) is 0 Å². The van der Waals surface area contributed by atoms with Crippen LogP contribution in [-0.4, -0.2) is 59.2 Å². The van der Waals surface area contributed by atoms with Crippen molar-refractivity contribution in [3.05, 3.63) is 41.9 Å². The lowest BCUT2D eigenvalue weighted by Crippen LogP contribution is -2.55. The molecule has 3 aliphatic rings. The van der Waals surface area contributed by atoms with Crippen molar-refractivity contribution in [3.8, 4) is 5.69 Å². The Kier molecular flexibility index (Phi) is 5.39. The fraction of sp³-hybridized carbons (Fsp3) is 0.542. The first kappa shape index (κ1) is 22.3. The number of nitrogens with one attached hydrogen (secondary N) is 2. The van der Waals surface area contributed by atoms with Crippen LogP contribution >= 0.6 is 0 Å². The maximum Gasteiger partial charge on any atom is 0.229 e. The molecular formula is C24H29F2N9. The second kappa shape index (κ2) is 8.47. The highest BCUT2D eigenvalue weighted by Gasteiger charge is 2.43. The molecule has 0 radical (unpaired) electrons. The van der Waals surface area contributed by atoms with Gasteiger partial charge in [-0.25, -0.2) is 18.4 Å². The second-order valence-corrected chi connectivity index (χ2v) is 10.5. The lowest BCUT2D eigenvalue weighted by atomic mass is 9.84. The van der Waals surface area contributed by atoms with E-state index in [0.29, 0.717) is 17.6 Å². The van der Waals surface area contributed by atoms with Gasteiger partial charge in [0.2, 0.25) is 5.95 Å². The molecule has 0 bridgehead atoms. The van der Waals surface area contributed by atoms with Crippen molar-refractivity contribution in [1.29, 1.82) is 0 Å². The molecule has 6 rings (SSSR count). The van der Waals surface area contributed by atoms with Crippen LogP contribution in [0.15, 0.2) is 24.7 Å². The third-order valence-electron chi connectivity index (χ3n) is 7.52. The zero-order valence-electron chi connectivity index (χ0n) is 19.9. The molecule has 9 nitrogen and oxygen atoms in total. The van der Waals surface area contributed by atoms with E-state index in [1.54, 1.807) is 6.07 Å². The third-order valence-corrected chi connectivity index (χ3v) is 7.52. The normalized spacial score (nSPS) is 23.8. The number of fused-ring (bicyclic) bond motifs is 1. The summed E-state index contributed by atoms with van der Waals surface area (Å²) in [6.45, 7) is 5.62. The number of nitrogens with zero attached hydrogens (tertiary/aromatic N) is 7. The molecule has 35 heavy (non-hydrogen) atoms. The second-order valence-electron chi connectivity index (χ2n) is 10.5. The number of hydrogen-bond acceptors (Lipinski definition) is 8. The van der Waals surface area contributed by atoms with Gasteiger partial charge in [0.05, 0.1) is 17.6 Å². The molecule has 2 aliphatic heterocycles. The van der Waals surface area contributed by atoms with Gasteiger partial charge in [-0.05, 0) is 93.0 Å². The van der Waals surface area contributed by atoms with E-state index in [1.807, 2.05) is 0 Å². The number of hydrogen-bond donors (Lipinski definition) is 2. The van der Waals surface area contributed by atoms with E-state index in [2.05, 4.69) is 54.9 Å². The maximum atomic E-state index is 15.0. The van der Waals surface area contributed by atoms with E-state index in [0.717, 1.165) is 44.0 Å². The Morgan fingerprint density at radius 2 is 1.97 bits per heavy atom. The molecule has 0 amide bonds. The molecule has 0 spiro atoms. The largest absolute Gasteiger partial charge is 0.365 e. The molecule has 184 valence electrons. The molecule has 3 fully saturated rings. The number of rotatable bonds is 6. The summed E-state index contributed by atoms with van der Waals surface area (Å²) in [6, 6.07) is 3.76. The van der Waals surface area contributed by atoms with Gasteiger partial charge in [-0.15, -0.1) is 5.10 Å². The van der Waals surface area contributed by atoms with E-state index < -0.39 is 11.6 Å². The van der Waals surface area contributed by atoms with Gasteiger partial charge in [-0.1, -0.05) is 0 Å². The van der Waals surface area contributed by atoms with Gasteiger partial charge >= 0.3 is 0 Å². The lowest BCUT2D eigenvalue weighted by molar-refractivity contribution is 0.0500. The van der Waals surface area contributed by atoms with Crippen molar-refractivity contribution >= 4 is 17.5 Å². The first-order chi connectivity index (χ1) is 16.9. The van der Waals surface area contributed by atoms with Crippen molar-refractivity contribution < 1.29 is 8.78 Å². The van der Waals surface area contributed by atoms with Gasteiger partial charge in [0.15, 0.2) is 11.6 Å². The molecule has 0 unspecified atom stereocenters. The monoisotopic (exact) mass is 481 g/mol. The van der Waals surface area contributed by atoms with Crippen LogP contribution in [0.25, 0.3) is 5.69 Å². The number of aromatic nitrogens is 6. The van der Waals surface area contributed by atoms with E-state index in [4.69, 9.17) is 0 Å². The Labute approximate surface area is 202 Å². The number of anilines is 3. The number of benzene rings is 1. The van der Waals surface area contributed by atoms with E-state index in [1.165, 1.54) is 29.9 Å². The Hall–Kier alpha value is -3.21. The summed E-state index contributed by atoms with van der Waals surface area (Å²) in [5, 5.41) is 17.6. The standard InChI is InChI=1S/C24H29F2N9/c1-24(2)11-15(8-16-4-3-7-34(16)24)29-22-19(26)12-27-23(31-22)30-20-10-21(35-13-28-32-33-35)17(9-18(20)25)14-5-6-14/h9-10,12-16H,3-8,11H2,1-2H3,(H2,27,29,30,31)/t15-,16-/m1/s1. The maximum absolute atomic E-state index is 15.0. The lowest BCUT2D eigenvalue weighted by Gasteiger charge is -2.47. The Balaban J connectivity index is 1.25. The quantitative estimate of drug-likeness (QED) is 0.542. The first-order valence-electron chi connectivity index (χ1n) is 12.3. The molecule has 2 saturated heterocycles. The first-order valence-corrected chi connectivity index (χ1v) is 12.3. The highest BCUT2D eigenvalue weighted by atomic mass is 19.1. The van der Waals surface area contributed by atoms with Crippen LogP contribution in [0.5, 0.6) is 0 Å². The van der Waals surface area contributed by atoms with E-state index in [-0.39, 0.29) is 29.0 Å². The minimum Gasteiger partial charge on any atom is -0.365 e. The fourth-order valence-electron chi connectivity index (χ4n) is 5.83. The van der Waals surface area contributed by atoms with Crippen molar-refractivity contribution in [1.82, 2.24) is 35.1 Å². The smallest absolute Gasteiger partial charge is 0.229 e. The molecule has 1 saturated carbocycles. The van der Waals surface area contributed by atoms with Crippen LogP contribution in [0.4, 0.5) is 26.2 Å². The molecule has 1 aromatic carbocycles. The highest BCUT2D eigenvalue weighted by Crippen LogP contribution is 2.44. The van der Waals surface area contributed by atoms with Crippen molar-refractivity contribution in [2.75, 3.05) is 17.2 Å². The summed E-state index contributed by atoms with van der Waals surface area (Å²) in [7, 11) is 0. The van der Waals surface area contributed by atoms with E-state index >= 15 is 4.39 Å². The molecule has 2 aromatic heterocycles. The SMILES string of the molecule is CC1(C)C[C@H](Nc2nc(Nc3cc(-n4cnnn4)c(C4CC4)cc3F)ncc2F)C[C@H]2CCCN21. The molecule has 4 heterocycles. The summed E-state index contributed by atoms with van der Waals surface area (Å²) in [5.74, 6) is -0.411. The Bertz CT molecular complexity index is 1230. The molecule has 11 heteroatoms. The molecule has 1 aliphatic carbocycles. The van der Waals surface area contributed by atoms with Gasteiger partial charge in [0.1, 0.15) is 12.1 Å². The zero-order chi connectivity index (χ0) is 24.2. The molecular weight excluding hydrogens is 452 g/mol.